The van der Waals surface area contributed by atoms with Crippen LogP contribution in [0.3, 0.4) is 0 Å². The molecule has 0 aliphatic heterocycles. The van der Waals surface area contributed by atoms with Gasteiger partial charge in [-0.1, -0.05) is 31.9 Å². The van der Waals surface area contributed by atoms with Crippen molar-refractivity contribution in [1.29, 1.82) is 0 Å². The molecular formula is C11H15BF3KO. The zero-order chi connectivity index (χ0) is 12.0. The zero-order valence-electron chi connectivity index (χ0n) is 10.3. The van der Waals surface area contributed by atoms with Gasteiger partial charge in [-0.25, -0.2) is 0 Å². The number of rotatable bonds is 6. The van der Waals surface area contributed by atoms with Gasteiger partial charge >= 0.3 is 58.4 Å². The SMILES string of the molecule is CCCCCOc1cccc([B-](F)(F)F)c1.[K+]. The molecule has 0 saturated carbocycles. The van der Waals surface area contributed by atoms with Crippen LogP contribution >= 0.6 is 0 Å². The summed E-state index contributed by atoms with van der Waals surface area (Å²) >= 11 is 0. The summed E-state index contributed by atoms with van der Waals surface area (Å²) in [5.41, 5.74) is -0.604. The smallest absolute Gasteiger partial charge is 0.494 e. The molecule has 0 heterocycles. The topological polar surface area (TPSA) is 9.23 Å². The quantitative estimate of drug-likeness (QED) is 0.534. The molecule has 0 N–H and O–H groups in total. The molecule has 0 aromatic heterocycles. The average Bonchev–Trinajstić information content (AvgIpc) is 2.24. The van der Waals surface area contributed by atoms with Crippen molar-refractivity contribution in [3.8, 4) is 5.75 Å². The van der Waals surface area contributed by atoms with E-state index in [1.54, 1.807) is 6.07 Å². The molecule has 0 spiro atoms. The van der Waals surface area contributed by atoms with E-state index in [0.29, 0.717) is 12.4 Å². The molecular weight excluding hydrogens is 255 g/mol. The fourth-order valence-electron chi connectivity index (χ4n) is 1.35. The Hall–Kier alpha value is 0.511. The third kappa shape index (κ3) is 6.86. The Kier molecular flexibility index (Phi) is 8.84. The molecule has 0 aliphatic rings. The van der Waals surface area contributed by atoms with E-state index in [4.69, 9.17) is 4.74 Å². The zero-order valence-corrected chi connectivity index (χ0v) is 13.4. The van der Waals surface area contributed by atoms with Crippen molar-refractivity contribution in [1.82, 2.24) is 0 Å². The standard InChI is InChI=1S/C11H15BF3O.K/c1-2-3-4-8-16-11-7-5-6-10(9-11)12(13,14)15;/h5-7,9H,2-4,8H2,1H3;/q-1;+1. The Bertz CT molecular complexity index is 331. The maximum atomic E-state index is 12.4. The summed E-state index contributed by atoms with van der Waals surface area (Å²) in [5, 5.41) is 0. The van der Waals surface area contributed by atoms with Crippen molar-refractivity contribution in [2.45, 2.75) is 26.2 Å². The minimum absolute atomic E-state index is 0. The van der Waals surface area contributed by atoms with Crippen LogP contribution < -0.4 is 61.6 Å². The maximum Gasteiger partial charge on any atom is 1.00 e. The van der Waals surface area contributed by atoms with Crippen LogP contribution in [-0.2, 0) is 0 Å². The van der Waals surface area contributed by atoms with Crippen LogP contribution in [-0.4, -0.2) is 13.6 Å². The number of benzene rings is 1. The molecule has 1 rings (SSSR count). The Morgan fingerprint density at radius 2 is 1.88 bits per heavy atom. The van der Waals surface area contributed by atoms with Crippen molar-refractivity contribution in [2.24, 2.45) is 0 Å². The van der Waals surface area contributed by atoms with E-state index in [1.807, 2.05) is 0 Å². The van der Waals surface area contributed by atoms with Crippen molar-refractivity contribution >= 4 is 12.4 Å². The summed E-state index contributed by atoms with van der Waals surface area (Å²) in [5.74, 6) is 0.299. The van der Waals surface area contributed by atoms with Crippen LogP contribution in [0.1, 0.15) is 26.2 Å². The van der Waals surface area contributed by atoms with Gasteiger partial charge < -0.3 is 17.7 Å². The molecule has 6 heteroatoms. The molecule has 90 valence electrons. The molecule has 0 atom stereocenters. The van der Waals surface area contributed by atoms with Crippen molar-refractivity contribution < 1.29 is 69.1 Å². The van der Waals surface area contributed by atoms with E-state index in [9.17, 15) is 12.9 Å². The number of unbranched alkanes of at least 4 members (excludes halogenated alkanes) is 2. The van der Waals surface area contributed by atoms with Crippen molar-refractivity contribution in [3.63, 3.8) is 0 Å². The first-order valence-corrected chi connectivity index (χ1v) is 5.46. The first kappa shape index (κ1) is 17.5. The van der Waals surface area contributed by atoms with Crippen LogP contribution in [0.15, 0.2) is 24.3 Å². The molecule has 1 nitrogen and oxygen atoms in total. The van der Waals surface area contributed by atoms with Gasteiger partial charge in [0, 0.05) is 0 Å². The van der Waals surface area contributed by atoms with Gasteiger partial charge in [-0.3, -0.25) is 0 Å². The van der Waals surface area contributed by atoms with E-state index in [2.05, 4.69) is 6.92 Å². The summed E-state index contributed by atoms with van der Waals surface area (Å²) in [7, 11) is 0. The summed E-state index contributed by atoms with van der Waals surface area (Å²) in [4.78, 5) is 0. The molecule has 1 aromatic carbocycles. The fraction of sp³-hybridized carbons (Fsp3) is 0.455. The minimum atomic E-state index is -4.93. The average molecular weight is 270 g/mol. The number of hydrogen-bond acceptors (Lipinski definition) is 1. The van der Waals surface area contributed by atoms with Crippen molar-refractivity contribution in [2.75, 3.05) is 6.61 Å². The van der Waals surface area contributed by atoms with Gasteiger partial charge in [-0.15, -0.1) is 5.46 Å². The third-order valence-corrected chi connectivity index (χ3v) is 2.25. The summed E-state index contributed by atoms with van der Waals surface area (Å²) in [6, 6.07) is 5.06. The molecule has 0 fully saturated rings. The maximum absolute atomic E-state index is 12.4. The van der Waals surface area contributed by atoms with Crippen LogP contribution in [0.5, 0.6) is 5.75 Å². The Morgan fingerprint density at radius 3 is 2.47 bits per heavy atom. The molecule has 0 bridgehead atoms. The van der Waals surface area contributed by atoms with Gasteiger partial charge in [0.2, 0.25) is 0 Å². The fourth-order valence-corrected chi connectivity index (χ4v) is 1.35. The largest absolute Gasteiger partial charge is 1.00 e. The third-order valence-electron chi connectivity index (χ3n) is 2.25. The van der Waals surface area contributed by atoms with Crippen LogP contribution in [0.4, 0.5) is 12.9 Å². The van der Waals surface area contributed by atoms with E-state index in [-0.39, 0.29) is 51.4 Å². The van der Waals surface area contributed by atoms with Gasteiger partial charge in [0.1, 0.15) is 5.75 Å². The molecule has 0 amide bonds. The molecule has 1 aromatic rings. The van der Waals surface area contributed by atoms with Crippen LogP contribution in [0.25, 0.3) is 0 Å². The second kappa shape index (κ2) is 8.59. The molecule has 0 aliphatic carbocycles. The normalized spacial score (nSPS) is 10.8. The van der Waals surface area contributed by atoms with Gasteiger partial charge in [0.05, 0.1) is 6.61 Å². The Labute approximate surface area is 143 Å². The first-order valence-electron chi connectivity index (χ1n) is 5.46. The predicted octanol–water partition coefficient (Wildman–Crippen LogP) is 0.314. The van der Waals surface area contributed by atoms with E-state index in [0.717, 1.165) is 31.4 Å². The van der Waals surface area contributed by atoms with Crippen LogP contribution in [0, 0.1) is 0 Å². The van der Waals surface area contributed by atoms with Gasteiger partial charge in [0.25, 0.3) is 0 Å². The van der Waals surface area contributed by atoms with Gasteiger partial charge in [0.15, 0.2) is 0 Å². The summed E-state index contributed by atoms with van der Waals surface area (Å²) < 4.78 is 42.5. The number of ether oxygens (including phenoxy) is 1. The van der Waals surface area contributed by atoms with Crippen molar-refractivity contribution in [3.05, 3.63) is 24.3 Å². The molecule has 0 radical (unpaired) electrons. The van der Waals surface area contributed by atoms with Gasteiger partial charge in [-0.05, 0) is 18.6 Å². The Morgan fingerprint density at radius 1 is 1.18 bits per heavy atom. The summed E-state index contributed by atoms with van der Waals surface area (Å²) in [6.07, 6.45) is 2.97. The second-order valence-electron chi connectivity index (χ2n) is 3.70. The first-order chi connectivity index (χ1) is 7.54. The van der Waals surface area contributed by atoms with Crippen LogP contribution in [0.2, 0.25) is 0 Å². The van der Waals surface area contributed by atoms with Gasteiger partial charge in [-0.2, -0.15) is 0 Å². The molecule has 0 saturated heterocycles. The molecule has 17 heavy (non-hydrogen) atoms. The molecule has 0 unspecified atom stereocenters. The van der Waals surface area contributed by atoms with E-state index in [1.165, 1.54) is 6.07 Å². The minimum Gasteiger partial charge on any atom is -0.494 e. The monoisotopic (exact) mass is 270 g/mol. The predicted molar refractivity (Wildman–Crippen MR) is 60.2 cm³/mol. The second-order valence-corrected chi connectivity index (χ2v) is 3.70. The summed E-state index contributed by atoms with van der Waals surface area (Å²) in [6.45, 7) is -2.39. The van der Waals surface area contributed by atoms with E-state index < -0.39 is 12.4 Å². The number of halogens is 3. The number of hydrogen-bond donors (Lipinski definition) is 0. The van der Waals surface area contributed by atoms with E-state index >= 15 is 0 Å². The Balaban J connectivity index is 0.00000256.